The van der Waals surface area contributed by atoms with Gasteiger partial charge in [-0.15, -0.1) is 0 Å². The minimum atomic E-state index is 0.779. The van der Waals surface area contributed by atoms with Crippen molar-refractivity contribution in [2.24, 2.45) is 0 Å². The van der Waals surface area contributed by atoms with Gasteiger partial charge in [-0.05, 0) is 24.6 Å². The summed E-state index contributed by atoms with van der Waals surface area (Å²) in [7, 11) is 0. The van der Waals surface area contributed by atoms with E-state index in [0.717, 1.165) is 34.5 Å². The Bertz CT molecular complexity index is 943. The number of benzene rings is 2. The van der Waals surface area contributed by atoms with Gasteiger partial charge in [-0.3, -0.25) is 0 Å². The van der Waals surface area contributed by atoms with E-state index in [1.807, 2.05) is 60.1 Å². The highest BCUT2D eigenvalue weighted by molar-refractivity contribution is 5.82. The molecule has 4 nitrogen and oxygen atoms in total. The average Bonchev–Trinajstić information content (AvgIpc) is 2.95. The molecule has 4 aromatic rings. The zero-order valence-electron chi connectivity index (χ0n) is 12.8. The Morgan fingerprint density at radius 2 is 1.57 bits per heavy atom. The standard InChI is InChI=1S/C19H16N4/c1-14-18-17(12-15-8-4-2-5-9-15)20-13-21-19(18)23(22-14)16-10-6-3-7-11-16/h2-11,13H,12H2,1H3. The second-order valence-electron chi connectivity index (χ2n) is 5.51. The van der Waals surface area contributed by atoms with Crippen molar-refractivity contribution in [1.29, 1.82) is 0 Å². The first-order valence-corrected chi connectivity index (χ1v) is 7.61. The van der Waals surface area contributed by atoms with Crippen molar-refractivity contribution >= 4 is 11.0 Å². The molecule has 0 spiro atoms. The molecule has 0 N–H and O–H groups in total. The summed E-state index contributed by atoms with van der Waals surface area (Å²) in [5.74, 6) is 0. The normalized spacial score (nSPS) is 11.0. The van der Waals surface area contributed by atoms with E-state index in [1.54, 1.807) is 6.33 Å². The minimum Gasteiger partial charge on any atom is -0.240 e. The maximum atomic E-state index is 4.68. The molecule has 112 valence electrons. The van der Waals surface area contributed by atoms with Gasteiger partial charge in [0.05, 0.1) is 22.5 Å². The van der Waals surface area contributed by atoms with E-state index in [9.17, 15) is 0 Å². The van der Waals surface area contributed by atoms with Gasteiger partial charge in [-0.2, -0.15) is 5.10 Å². The van der Waals surface area contributed by atoms with Crippen LogP contribution in [0, 0.1) is 6.92 Å². The van der Waals surface area contributed by atoms with Crippen LogP contribution in [0.2, 0.25) is 0 Å². The molecule has 0 saturated heterocycles. The lowest BCUT2D eigenvalue weighted by molar-refractivity contribution is 0.876. The number of aryl methyl sites for hydroxylation is 1. The SMILES string of the molecule is Cc1nn(-c2ccccc2)c2ncnc(Cc3ccccc3)c12. The van der Waals surface area contributed by atoms with Crippen molar-refractivity contribution in [3.63, 3.8) is 0 Å². The predicted octanol–water partition coefficient (Wildman–Crippen LogP) is 3.71. The zero-order chi connectivity index (χ0) is 15.6. The van der Waals surface area contributed by atoms with E-state index in [1.165, 1.54) is 5.56 Å². The summed E-state index contributed by atoms with van der Waals surface area (Å²) in [6.07, 6.45) is 2.41. The van der Waals surface area contributed by atoms with E-state index >= 15 is 0 Å². The summed E-state index contributed by atoms with van der Waals surface area (Å²) in [5.41, 5.74) is 5.07. The molecule has 4 rings (SSSR count). The van der Waals surface area contributed by atoms with Gasteiger partial charge in [-0.25, -0.2) is 14.6 Å². The molecule has 23 heavy (non-hydrogen) atoms. The van der Waals surface area contributed by atoms with Gasteiger partial charge < -0.3 is 0 Å². The van der Waals surface area contributed by atoms with Gasteiger partial charge in [0, 0.05) is 6.42 Å². The molecule has 0 amide bonds. The monoisotopic (exact) mass is 300 g/mol. The van der Waals surface area contributed by atoms with Crippen molar-refractivity contribution in [1.82, 2.24) is 19.7 Å². The molecular formula is C19H16N4. The van der Waals surface area contributed by atoms with Gasteiger partial charge in [0.1, 0.15) is 6.33 Å². The van der Waals surface area contributed by atoms with Crippen LogP contribution < -0.4 is 0 Å². The predicted molar refractivity (Wildman–Crippen MR) is 90.6 cm³/mol. The van der Waals surface area contributed by atoms with Crippen LogP contribution in [0.3, 0.4) is 0 Å². The van der Waals surface area contributed by atoms with Crippen LogP contribution in [-0.2, 0) is 6.42 Å². The quantitative estimate of drug-likeness (QED) is 0.579. The van der Waals surface area contributed by atoms with Crippen molar-refractivity contribution in [3.05, 3.63) is 83.9 Å². The maximum absolute atomic E-state index is 4.68. The number of rotatable bonds is 3. The second kappa shape index (κ2) is 5.65. The molecule has 4 heteroatoms. The van der Waals surface area contributed by atoms with Crippen molar-refractivity contribution < 1.29 is 0 Å². The van der Waals surface area contributed by atoms with Gasteiger partial charge in [0.15, 0.2) is 5.65 Å². The van der Waals surface area contributed by atoms with Crippen molar-refractivity contribution in [2.75, 3.05) is 0 Å². The molecule has 0 atom stereocenters. The summed E-state index contributed by atoms with van der Waals surface area (Å²) >= 11 is 0. The molecule has 0 aliphatic heterocycles. The lowest BCUT2D eigenvalue weighted by atomic mass is 10.1. The fraction of sp³-hybridized carbons (Fsp3) is 0.105. The Kier molecular flexibility index (Phi) is 3.35. The smallest absolute Gasteiger partial charge is 0.166 e. The Labute approximate surface area is 134 Å². The molecule has 2 aromatic carbocycles. The Hall–Kier alpha value is -3.01. The first kappa shape index (κ1) is 13.6. The van der Waals surface area contributed by atoms with Crippen LogP contribution in [-0.4, -0.2) is 19.7 Å². The first-order valence-electron chi connectivity index (χ1n) is 7.61. The molecule has 0 radical (unpaired) electrons. The molecule has 2 aromatic heterocycles. The maximum Gasteiger partial charge on any atom is 0.166 e. The van der Waals surface area contributed by atoms with Crippen molar-refractivity contribution in [2.45, 2.75) is 13.3 Å². The lowest BCUT2D eigenvalue weighted by Gasteiger charge is -2.04. The first-order chi connectivity index (χ1) is 11.3. The van der Waals surface area contributed by atoms with Gasteiger partial charge in [0.25, 0.3) is 0 Å². The van der Waals surface area contributed by atoms with Crippen LogP contribution >= 0.6 is 0 Å². The highest BCUT2D eigenvalue weighted by Gasteiger charge is 2.15. The average molecular weight is 300 g/mol. The highest BCUT2D eigenvalue weighted by atomic mass is 15.3. The van der Waals surface area contributed by atoms with E-state index in [4.69, 9.17) is 0 Å². The zero-order valence-corrected chi connectivity index (χ0v) is 12.8. The Balaban J connectivity index is 1.87. The van der Waals surface area contributed by atoms with Gasteiger partial charge >= 0.3 is 0 Å². The third-order valence-electron chi connectivity index (χ3n) is 3.93. The molecule has 0 fully saturated rings. The van der Waals surface area contributed by atoms with Crippen LogP contribution in [0.5, 0.6) is 0 Å². The lowest BCUT2D eigenvalue weighted by Crippen LogP contribution is -1.99. The number of nitrogens with zero attached hydrogens (tertiary/aromatic N) is 4. The second-order valence-corrected chi connectivity index (χ2v) is 5.51. The number of para-hydroxylation sites is 1. The van der Waals surface area contributed by atoms with Crippen LogP contribution in [0.25, 0.3) is 16.7 Å². The minimum absolute atomic E-state index is 0.779. The molecular weight excluding hydrogens is 284 g/mol. The van der Waals surface area contributed by atoms with Gasteiger partial charge in [0.2, 0.25) is 0 Å². The van der Waals surface area contributed by atoms with Crippen LogP contribution in [0.1, 0.15) is 17.0 Å². The fourth-order valence-electron chi connectivity index (χ4n) is 2.86. The Morgan fingerprint density at radius 1 is 0.870 bits per heavy atom. The third kappa shape index (κ3) is 2.48. The third-order valence-corrected chi connectivity index (χ3v) is 3.93. The summed E-state index contributed by atoms with van der Waals surface area (Å²) in [6.45, 7) is 2.01. The molecule has 0 saturated carbocycles. The summed E-state index contributed by atoms with van der Waals surface area (Å²) in [5, 5.41) is 5.72. The Morgan fingerprint density at radius 3 is 2.30 bits per heavy atom. The van der Waals surface area contributed by atoms with Crippen molar-refractivity contribution in [3.8, 4) is 5.69 Å². The topological polar surface area (TPSA) is 43.6 Å². The molecule has 0 aliphatic rings. The van der Waals surface area contributed by atoms with Crippen LogP contribution in [0.15, 0.2) is 67.0 Å². The molecule has 0 aliphatic carbocycles. The van der Waals surface area contributed by atoms with E-state index < -0.39 is 0 Å². The van der Waals surface area contributed by atoms with Gasteiger partial charge in [-0.1, -0.05) is 48.5 Å². The fourth-order valence-corrected chi connectivity index (χ4v) is 2.86. The van der Waals surface area contributed by atoms with Crippen LogP contribution in [0.4, 0.5) is 0 Å². The molecule has 0 unspecified atom stereocenters. The van der Waals surface area contributed by atoms with E-state index in [0.29, 0.717) is 0 Å². The largest absolute Gasteiger partial charge is 0.240 e. The summed E-state index contributed by atoms with van der Waals surface area (Å²) < 4.78 is 1.89. The summed E-state index contributed by atoms with van der Waals surface area (Å²) in [6, 6.07) is 20.4. The number of fused-ring (bicyclic) bond motifs is 1. The van der Waals surface area contributed by atoms with E-state index in [-0.39, 0.29) is 0 Å². The number of hydrogen-bond donors (Lipinski definition) is 0. The highest BCUT2D eigenvalue weighted by Crippen LogP contribution is 2.23. The van der Waals surface area contributed by atoms with E-state index in [2.05, 4.69) is 27.2 Å². The molecule has 2 heterocycles. The number of hydrogen-bond acceptors (Lipinski definition) is 3. The summed E-state index contributed by atoms with van der Waals surface area (Å²) in [4.78, 5) is 8.98. The molecule has 0 bridgehead atoms. The number of aromatic nitrogens is 4.